The highest BCUT2D eigenvalue weighted by Gasteiger charge is 2.40. The Kier molecular flexibility index (Phi) is 2.08. The first-order chi connectivity index (χ1) is 10.2. The van der Waals surface area contributed by atoms with Gasteiger partial charge in [-0.05, 0) is 41.7 Å². The zero-order valence-electron chi connectivity index (χ0n) is 11.8. The van der Waals surface area contributed by atoms with Gasteiger partial charge in [-0.1, -0.05) is 36.4 Å². The van der Waals surface area contributed by atoms with Crippen molar-refractivity contribution >= 4 is 38.8 Å². The Balaban J connectivity index is 1.82. The lowest BCUT2D eigenvalue weighted by Crippen LogP contribution is -2.35. The van der Waals surface area contributed by atoms with Gasteiger partial charge in [-0.25, -0.2) is 0 Å². The van der Waals surface area contributed by atoms with E-state index < -0.39 is 0 Å². The SMILES string of the molecule is CC12Cc3sc4ccccc4c3C=C1c1ccccc1N2. The molecule has 1 aliphatic carbocycles. The number of rotatable bonds is 0. The molecule has 2 aliphatic rings. The number of thiophene rings is 1. The van der Waals surface area contributed by atoms with Crippen LogP contribution in [-0.4, -0.2) is 5.54 Å². The Morgan fingerprint density at radius 3 is 2.81 bits per heavy atom. The summed E-state index contributed by atoms with van der Waals surface area (Å²) in [6.07, 6.45) is 3.48. The monoisotopic (exact) mass is 289 g/mol. The number of para-hydroxylation sites is 1. The van der Waals surface area contributed by atoms with Crippen LogP contribution in [0.3, 0.4) is 0 Å². The molecule has 2 heteroatoms. The number of hydrogen-bond donors (Lipinski definition) is 1. The maximum atomic E-state index is 3.74. The highest BCUT2D eigenvalue weighted by Crippen LogP contribution is 2.50. The molecule has 0 fully saturated rings. The molecule has 3 aromatic rings. The van der Waals surface area contributed by atoms with Crippen molar-refractivity contribution in [2.45, 2.75) is 18.9 Å². The maximum Gasteiger partial charge on any atom is 0.0652 e. The summed E-state index contributed by atoms with van der Waals surface area (Å²) in [5.41, 5.74) is 5.54. The van der Waals surface area contributed by atoms with Crippen LogP contribution in [0, 0.1) is 0 Å². The Hall–Kier alpha value is -2.06. The fraction of sp³-hybridized carbons (Fsp3) is 0.158. The summed E-state index contributed by atoms with van der Waals surface area (Å²) >= 11 is 1.94. The number of hydrogen-bond acceptors (Lipinski definition) is 2. The van der Waals surface area contributed by atoms with E-state index in [1.807, 2.05) is 11.3 Å². The van der Waals surface area contributed by atoms with Gasteiger partial charge in [-0.3, -0.25) is 0 Å². The van der Waals surface area contributed by atoms with Crippen LogP contribution in [0.25, 0.3) is 21.7 Å². The maximum absolute atomic E-state index is 3.74. The first kappa shape index (κ1) is 11.6. The lowest BCUT2D eigenvalue weighted by atomic mass is 9.81. The second-order valence-corrected chi connectivity index (χ2v) is 7.31. The minimum Gasteiger partial charge on any atom is -0.375 e. The van der Waals surface area contributed by atoms with Crippen molar-refractivity contribution in [3.05, 3.63) is 64.5 Å². The first-order valence-corrected chi connectivity index (χ1v) is 8.16. The summed E-state index contributed by atoms with van der Waals surface area (Å²) in [7, 11) is 0. The van der Waals surface area contributed by atoms with Crippen molar-refractivity contribution in [2.75, 3.05) is 5.32 Å². The van der Waals surface area contributed by atoms with Crippen LogP contribution in [-0.2, 0) is 6.42 Å². The molecular formula is C19H15NS. The number of nitrogens with one attached hydrogen (secondary N) is 1. The van der Waals surface area contributed by atoms with Crippen LogP contribution in [0.1, 0.15) is 22.9 Å². The number of benzene rings is 2. The van der Waals surface area contributed by atoms with E-state index in [9.17, 15) is 0 Å². The molecule has 0 saturated heterocycles. The quantitative estimate of drug-likeness (QED) is 0.601. The van der Waals surface area contributed by atoms with E-state index in [4.69, 9.17) is 0 Å². The zero-order valence-corrected chi connectivity index (χ0v) is 12.6. The predicted octanol–water partition coefficient (Wildman–Crippen LogP) is 5.18. The second kappa shape index (κ2) is 3.77. The molecule has 2 heterocycles. The molecule has 1 aliphatic heterocycles. The molecular weight excluding hydrogens is 274 g/mol. The van der Waals surface area contributed by atoms with Gasteiger partial charge in [-0.15, -0.1) is 11.3 Å². The molecule has 0 amide bonds. The van der Waals surface area contributed by atoms with Crippen LogP contribution in [0.15, 0.2) is 48.5 Å². The predicted molar refractivity (Wildman–Crippen MR) is 91.9 cm³/mol. The fourth-order valence-corrected chi connectivity index (χ4v) is 5.08. The van der Waals surface area contributed by atoms with Gasteiger partial charge in [0.1, 0.15) is 0 Å². The van der Waals surface area contributed by atoms with Crippen molar-refractivity contribution < 1.29 is 0 Å². The third-order valence-electron chi connectivity index (χ3n) is 4.74. The van der Waals surface area contributed by atoms with E-state index in [0.717, 1.165) is 6.42 Å². The van der Waals surface area contributed by atoms with Crippen LogP contribution in [0.5, 0.6) is 0 Å². The van der Waals surface area contributed by atoms with Gasteiger partial charge in [0, 0.05) is 27.2 Å². The normalized spacial score (nSPS) is 22.2. The highest BCUT2D eigenvalue weighted by atomic mass is 32.1. The molecule has 1 aromatic heterocycles. The van der Waals surface area contributed by atoms with Gasteiger partial charge in [0.2, 0.25) is 0 Å². The molecule has 2 aromatic carbocycles. The summed E-state index contributed by atoms with van der Waals surface area (Å²) in [6, 6.07) is 17.4. The summed E-state index contributed by atoms with van der Waals surface area (Å²) in [5.74, 6) is 0. The molecule has 0 saturated carbocycles. The number of fused-ring (bicyclic) bond motifs is 6. The van der Waals surface area contributed by atoms with Crippen LogP contribution in [0.2, 0.25) is 0 Å². The Bertz CT molecular complexity index is 918. The fourth-order valence-electron chi connectivity index (χ4n) is 3.74. The average Bonchev–Trinajstić information content (AvgIpc) is 2.97. The molecule has 1 nitrogen and oxygen atoms in total. The molecule has 5 rings (SSSR count). The third-order valence-corrected chi connectivity index (χ3v) is 5.92. The van der Waals surface area contributed by atoms with Gasteiger partial charge < -0.3 is 5.32 Å². The van der Waals surface area contributed by atoms with Crippen molar-refractivity contribution in [1.82, 2.24) is 0 Å². The van der Waals surface area contributed by atoms with E-state index in [0.29, 0.717) is 0 Å². The van der Waals surface area contributed by atoms with Crippen LogP contribution < -0.4 is 5.32 Å². The van der Waals surface area contributed by atoms with Gasteiger partial charge in [0.25, 0.3) is 0 Å². The van der Waals surface area contributed by atoms with Gasteiger partial charge >= 0.3 is 0 Å². The summed E-state index contributed by atoms with van der Waals surface area (Å²) in [5, 5.41) is 5.14. The van der Waals surface area contributed by atoms with Crippen LogP contribution >= 0.6 is 11.3 Å². The summed E-state index contributed by atoms with van der Waals surface area (Å²) < 4.78 is 1.40. The van der Waals surface area contributed by atoms with E-state index >= 15 is 0 Å². The Labute approximate surface area is 127 Å². The molecule has 0 spiro atoms. The van der Waals surface area contributed by atoms with E-state index in [2.05, 4.69) is 66.8 Å². The van der Waals surface area contributed by atoms with E-state index in [1.165, 1.54) is 37.4 Å². The molecule has 1 unspecified atom stereocenters. The minimum atomic E-state index is 0.0392. The highest BCUT2D eigenvalue weighted by molar-refractivity contribution is 7.19. The first-order valence-electron chi connectivity index (χ1n) is 7.35. The topological polar surface area (TPSA) is 12.0 Å². The third kappa shape index (κ3) is 1.46. The summed E-state index contributed by atoms with van der Waals surface area (Å²) in [6.45, 7) is 2.33. The zero-order chi connectivity index (χ0) is 14.0. The van der Waals surface area contributed by atoms with Crippen molar-refractivity contribution in [1.29, 1.82) is 0 Å². The minimum absolute atomic E-state index is 0.0392. The molecule has 1 N–H and O–H groups in total. The molecule has 21 heavy (non-hydrogen) atoms. The molecule has 0 bridgehead atoms. The van der Waals surface area contributed by atoms with Crippen molar-refractivity contribution in [2.24, 2.45) is 0 Å². The smallest absolute Gasteiger partial charge is 0.0652 e. The van der Waals surface area contributed by atoms with Crippen molar-refractivity contribution in [3.8, 4) is 0 Å². The van der Waals surface area contributed by atoms with Crippen LogP contribution in [0.4, 0.5) is 5.69 Å². The lowest BCUT2D eigenvalue weighted by Gasteiger charge is -2.30. The van der Waals surface area contributed by atoms with E-state index in [-0.39, 0.29) is 5.54 Å². The molecule has 0 radical (unpaired) electrons. The van der Waals surface area contributed by atoms with Gasteiger partial charge in [0.05, 0.1) is 5.54 Å². The average molecular weight is 289 g/mol. The van der Waals surface area contributed by atoms with Gasteiger partial charge in [0.15, 0.2) is 0 Å². The molecule has 1 atom stereocenters. The Morgan fingerprint density at radius 2 is 1.86 bits per heavy atom. The Morgan fingerprint density at radius 1 is 1.05 bits per heavy atom. The van der Waals surface area contributed by atoms with Gasteiger partial charge in [-0.2, -0.15) is 0 Å². The number of anilines is 1. The van der Waals surface area contributed by atoms with Crippen molar-refractivity contribution in [3.63, 3.8) is 0 Å². The second-order valence-electron chi connectivity index (χ2n) is 6.17. The molecule has 102 valence electrons. The van der Waals surface area contributed by atoms with E-state index in [1.54, 1.807) is 0 Å². The largest absolute Gasteiger partial charge is 0.375 e. The standard InChI is InChI=1S/C19H15NS/c1-19-11-18-14(12-6-3-5-9-17(12)21-18)10-15(19)13-7-2-4-8-16(13)20-19/h2-10,20H,11H2,1H3. The summed E-state index contributed by atoms with van der Waals surface area (Å²) in [4.78, 5) is 1.50. The lowest BCUT2D eigenvalue weighted by molar-refractivity contribution is 0.670.